The molecule has 2 aromatic heterocycles. The van der Waals surface area contributed by atoms with E-state index in [-0.39, 0.29) is 11.8 Å². The Morgan fingerprint density at radius 3 is 2.96 bits per heavy atom. The zero-order chi connectivity index (χ0) is 17.1. The number of aromatic nitrogens is 2. The van der Waals surface area contributed by atoms with E-state index >= 15 is 0 Å². The summed E-state index contributed by atoms with van der Waals surface area (Å²) in [5.41, 5.74) is 2.03. The molecule has 0 saturated carbocycles. The topological polar surface area (TPSA) is 71.3 Å². The third-order valence-electron chi connectivity index (χ3n) is 4.55. The summed E-state index contributed by atoms with van der Waals surface area (Å²) in [7, 11) is 1.86. The van der Waals surface area contributed by atoms with Gasteiger partial charge in [0.25, 0.3) is 5.91 Å². The van der Waals surface area contributed by atoms with E-state index in [0.717, 1.165) is 30.9 Å². The summed E-state index contributed by atoms with van der Waals surface area (Å²) in [5, 5.41) is 7.06. The van der Waals surface area contributed by atoms with Gasteiger partial charge in [-0.2, -0.15) is 0 Å². The highest BCUT2D eigenvalue weighted by molar-refractivity contribution is 5.91. The average Bonchev–Trinajstić information content (AvgIpc) is 3.11. The Hall–Kier alpha value is -2.37. The molecule has 3 heterocycles. The van der Waals surface area contributed by atoms with Crippen LogP contribution >= 0.6 is 0 Å². The zero-order valence-electron chi connectivity index (χ0n) is 14.5. The zero-order valence-corrected chi connectivity index (χ0v) is 14.5. The Labute approximate surface area is 142 Å². The maximum Gasteiger partial charge on any atom is 0.292 e. The number of likely N-dealkylation sites (tertiary alicyclic amines) is 1. The van der Waals surface area contributed by atoms with Crippen LogP contribution in [-0.2, 0) is 0 Å². The van der Waals surface area contributed by atoms with E-state index in [9.17, 15) is 4.79 Å². The summed E-state index contributed by atoms with van der Waals surface area (Å²) in [6.45, 7) is 5.53. The predicted molar refractivity (Wildman–Crippen MR) is 92.3 cm³/mol. The first-order chi connectivity index (χ1) is 11.6. The van der Waals surface area contributed by atoms with Gasteiger partial charge in [-0.05, 0) is 36.5 Å². The van der Waals surface area contributed by atoms with Crippen molar-refractivity contribution < 1.29 is 9.32 Å². The van der Waals surface area contributed by atoms with Crippen molar-refractivity contribution >= 4 is 11.7 Å². The van der Waals surface area contributed by atoms with Crippen LogP contribution in [0.15, 0.2) is 28.9 Å². The lowest BCUT2D eigenvalue weighted by Crippen LogP contribution is -2.39. The maximum absolute atomic E-state index is 12.7. The fraction of sp³-hybridized carbons (Fsp3) is 0.500. The molecule has 24 heavy (non-hydrogen) atoms. The molecular weight excluding hydrogens is 304 g/mol. The van der Waals surface area contributed by atoms with E-state index < -0.39 is 0 Å². The van der Waals surface area contributed by atoms with Gasteiger partial charge < -0.3 is 14.7 Å². The number of anilines is 1. The van der Waals surface area contributed by atoms with Crippen molar-refractivity contribution in [3.05, 3.63) is 41.4 Å². The summed E-state index contributed by atoms with van der Waals surface area (Å²) in [4.78, 5) is 18.8. The number of hydrogen-bond acceptors (Lipinski definition) is 5. The molecule has 0 unspecified atom stereocenters. The molecule has 1 N–H and O–H groups in total. The van der Waals surface area contributed by atoms with Gasteiger partial charge in [0, 0.05) is 38.3 Å². The first-order valence-electron chi connectivity index (χ1n) is 8.48. The Morgan fingerprint density at radius 1 is 1.42 bits per heavy atom. The normalized spacial score (nSPS) is 18.0. The minimum atomic E-state index is -0.0676. The number of rotatable bonds is 4. The number of carbonyl (C=O) groups excluding carboxylic acids is 1. The van der Waals surface area contributed by atoms with E-state index in [1.807, 2.05) is 38.1 Å². The van der Waals surface area contributed by atoms with E-state index in [4.69, 9.17) is 4.52 Å². The monoisotopic (exact) mass is 328 g/mol. The molecule has 0 aromatic carbocycles. The van der Waals surface area contributed by atoms with Crippen molar-refractivity contribution in [1.29, 1.82) is 0 Å². The molecule has 1 amide bonds. The molecule has 2 aromatic rings. The van der Waals surface area contributed by atoms with Gasteiger partial charge >= 0.3 is 0 Å². The van der Waals surface area contributed by atoms with Crippen LogP contribution in [0.25, 0.3) is 0 Å². The van der Waals surface area contributed by atoms with Gasteiger partial charge in [0.15, 0.2) is 0 Å². The van der Waals surface area contributed by atoms with Gasteiger partial charge in [0.2, 0.25) is 5.76 Å². The molecule has 1 aliphatic rings. The summed E-state index contributed by atoms with van der Waals surface area (Å²) in [6, 6.07) is 5.86. The number of hydrogen-bond donors (Lipinski definition) is 1. The Morgan fingerprint density at radius 2 is 2.25 bits per heavy atom. The highest BCUT2D eigenvalue weighted by atomic mass is 16.5. The SMILES string of the molecule is CNc1cc([C@@H]2CCCN(C(=O)c3cc(C(C)C)no3)C2)ccn1. The number of nitrogens with one attached hydrogen (secondary N) is 1. The lowest BCUT2D eigenvalue weighted by Gasteiger charge is -2.32. The molecule has 1 fully saturated rings. The second kappa shape index (κ2) is 7.03. The Kier molecular flexibility index (Phi) is 4.83. The third-order valence-corrected chi connectivity index (χ3v) is 4.55. The Bertz CT molecular complexity index is 711. The molecule has 0 spiro atoms. The maximum atomic E-state index is 12.7. The molecule has 0 radical (unpaired) electrons. The van der Waals surface area contributed by atoms with Crippen molar-refractivity contribution in [1.82, 2.24) is 15.0 Å². The van der Waals surface area contributed by atoms with Gasteiger partial charge in [0.05, 0.1) is 5.69 Å². The van der Waals surface area contributed by atoms with Crippen molar-refractivity contribution in [2.45, 2.75) is 38.5 Å². The second-order valence-electron chi connectivity index (χ2n) is 6.59. The van der Waals surface area contributed by atoms with E-state index in [0.29, 0.717) is 18.2 Å². The van der Waals surface area contributed by atoms with Crippen molar-refractivity contribution in [2.24, 2.45) is 0 Å². The van der Waals surface area contributed by atoms with Crippen molar-refractivity contribution in [2.75, 3.05) is 25.5 Å². The lowest BCUT2D eigenvalue weighted by molar-refractivity contribution is 0.0665. The standard InChI is InChI=1S/C18H24N4O2/c1-12(2)15-10-16(24-21-15)18(23)22-8-4-5-14(11-22)13-6-7-20-17(9-13)19-3/h6-7,9-10,12,14H,4-5,8,11H2,1-3H3,(H,19,20)/t14-/m1/s1. The summed E-state index contributed by atoms with van der Waals surface area (Å²) in [6.07, 6.45) is 3.87. The molecule has 6 heteroatoms. The van der Waals surface area contributed by atoms with Crippen LogP contribution in [0.2, 0.25) is 0 Å². The van der Waals surface area contributed by atoms with Crippen LogP contribution in [0, 0.1) is 0 Å². The lowest BCUT2D eigenvalue weighted by atomic mass is 9.91. The van der Waals surface area contributed by atoms with Gasteiger partial charge in [0.1, 0.15) is 5.82 Å². The van der Waals surface area contributed by atoms with Gasteiger partial charge in [-0.3, -0.25) is 4.79 Å². The van der Waals surface area contributed by atoms with Gasteiger partial charge in [-0.25, -0.2) is 4.98 Å². The summed E-state index contributed by atoms with van der Waals surface area (Å²) in [5.74, 6) is 1.70. The molecule has 128 valence electrons. The van der Waals surface area contributed by atoms with Crippen LogP contribution < -0.4 is 5.32 Å². The molecule has 3 rings (SSSR count). The highest BCUT2D eigenvalue weighted by Gasteiger charge is 2.28. The van der Waals surface area contributed by atoms with E-state index in [2.05, 4.69) is 21.5 Å². The minimum Gasteiger partial charge on any atom is -0.373 e. The average molecular weight is 328 g/mol. The minimum absolute atomic E-state index is 0.0676. The number of amides is 1. The highest BCUT2D eigenvalue weighted by Crippen LogP contribution is 2.29. The number of nitrogens with zero attached hydrogens (tertiary/aromatic N) is 3. The number of piperidine rings is 1. The van der Waals surface area contributed by atoms with Crippen LogP contribution in [0.4, 0.5) is 5.82 Å². The van der Waals surface area contributed by atoms with Crippen LogP contribution in [0.5, 0.6) is 0 Å². The van der Waals surface area contributed by atoms with Crippen molar-refractivity contribution in [3.8, 4) is 0 Å². The third kappa shape index (κ3) is 3.42. The predicted octanol–water partition coefficient (Wildman–Crippen LogP) is 3.25. The van der Waals surface area contributed by atoms with E-state index in [1.54, 1.807) is 6.07 Å². The summed E-state index contributed by atoms with van der Waals surface area (Å²) >= 11 is 0. The largest absolute Gasteiger partial charge is 0.373 e. The first kappa shape index (κ1) is 16.5. The quantitative estimate of drug-likeness (QED) is 0.933. The molecule has 0 bridgehead atoms. The van der Waals surface area contributed by atoms with Crippen LogP contribution in [0.1, 0.15) is 60.3 Å². The van der Waals surface area contributed by atoms with Crippen LogP contribution in [-0.4, -0.2) is 41.1 Å². The van der Waals surface area contributed by atoms with Crippen LogP contribution in [0.3, 0.4) is 0 Å². The fourth-order valence-corrected chi connectivity index (χ4v) is 3.09. The molecular formula is C18H24N4O2. The number of pyridine rings is 1. The Balaban J connectivity index is 1.73. The fourth-order valence-electron chi connectivity index (χ4n) is 3.09. The molecule has 0 aliphatic carbocycles. The van der Waals surface area contributed by atoms with Gasteiger partial charge in [-0.1, -0.05) is 19.0 Å². The molecule has 6 nitrogen and oxygen atoms in total. The molecule has 1 aliphatic heterocycles. The van der Waals surface area contributed by atoms with Crippen molar-refractivity contribution in [3.63, 3.8) is 0 Å². The smallest absolute Gasteiger partial charge is 0.292 e. The summed E-state index contributed by atoms with van der Waals surface area (Å²) < 4.78 is 5.26. The second-order valence-corrected chi connectivity index (χ2v) is 6.59. The van der Waals surface area contributed by atoms with Gasteiger partial charge in [-0.15, -0.1) is 0 Å². The molecule has 1 saturated heterocycles. The van der Waals surface area contributed by atoms with E-state index in [1.165, 1.54) is 5.56 Å². The molecule has 1 atom stereocenters. The number of carbonyl (C=O) groups is 1. The first-order valence-corrected chi connectivity index (χ1v) is 8.48.